The number of fused-ring (bicyclic) bond motifs is 2. The van der Waals surface area contributed by atoms with Gasteiger partial charge < -0.3 is 21.8 Å². The molecule has 0 saturated heterocycles. The van der Waals surface area contributed by atoms with Crippen LogP contribution in [0.15, 0.2) is 102 Å². The molecule has 45 heavy (non-hydrogen) atoms. The normalized spacial score (nSPS) is 14.2. The van der Waals surface area contributed by atoms with Gasteiger partial charge in [-0.3, -0.25) is 0 Å². The first-order valence-electron chi connectivity index (χ1n) is 13.5. The topological polar surface area (TPSA) is 0 Å². The molecule has 0 nitrogen and oxygen atoms in total. The Labute approximate surface area is 282 Å². The molecule has 0 spiro atoms. The van der Waals surface area contributed by atoms with E-state index in [1.54, 1.807) is 0 Å². The third kappa shape index (κ3) is 7.33. The van der Waals surface area contributed by atoms with Crippen LogP contribution in [0.2, 0.25) is 0 Å². The van der Waals surface area contributed by atoms with E-state index in [0.717, 1.165) is 86.4 Å². The molecule has 0 aliphatic heterocycles. The summed E-state index contributed by atoms with van der Waals surface area (Å²) in [5.74, 6) is 0.151. The average Bonchev–Trinajstić information content (AvgIpc) is 3.53. The van der Waals surface area contributed by atoms with Crippen molar-refractivity contribution in [1.82, 2.24) is 0 Å². The van der Waals surface area contributed by atoms with Gasteiger partial charge in [0.2, 0.25) is 0 Å². The summed E-state index contributed by atoms with van der Waals surface area (Å²) in [5.41, 5.74) is 4.05. The second kappa shape index (κ2) is 14.1. The molecule has 1 aliphatic rings. The minimum Gasteiger partial charge on any atom is -0.358 e. The fraction of sp³-hybridized carbons (Fsp3) is 0.135. The van der Waals surface area contributed by atoms with Gasteiger partial charge in [0.1, 0.15) is 0 Å². The van der Waals surface area contributed by atoms with Crippen molar-refractivity contribution in [3.8, 4) is 22.3 Å². The first kappa shape index (κ1) is 36.4. The molecule has 5 aromatic carbocycles. The Morgan fingerprint density at radius 1 is 0.711 bits per heavy atom. The first-order valence-corrected chi connectivity index (χ1v) is 14.5. The zero-order valence-corrected chi connectivity index (χ0v) is 29.4. The monoisotopic (exact) mass is 796 g/mol. The molecule has 1 unspecified atom stereocenters. The Balaban J connectivity index is 0.00000184. The van der Waals surface area contributed by atoms with E-state index in [2.05, 4.69) is 31.2 Å². The van der Waals surface area contributed by atoms with Crippen molar-refractivity contribution >= 4 is 31.6 Å². The Kier molecular flexibility index (Phi) is 11.4. The predicted octanol–water partition coefficient (Wildman–Crippen LogP) is 10.9. The molecule has 0 N–H and O–H groups in total. The minimum absolute atomic E-state index is 0. The number of hydrogen-bond acceptors (Lipinski definition) is 0. The third-order valence-corrected chi connectivity index (χ3v) is 9.13. The van der Waals surface area contributed by atoms with E-state index in [0.29, 0.717) is 9.52 Å². The summed E-state index contributed by atoms with van der Waals surface area (Å²) < 4.78 is 78.7. The summed E-state index contributed by atoms with van der Waals surface area (Å²) in [5, 5.41) is 4.35. The third-order valence-electron chi connectivity index (χ3n) is 7.77. The molecule has 0 saturated carbocycles. The van der Waals surface area contributed by atoms with Crippen LogP contribution in [0.3, 0.4) is 0 Å². The largest absolute Gasteiger partial charge is 4.00 e. The quantitative estimate of drug-likeness (QED) is 0.0912. The predicted molar refractivity (Wildman–Crippen MR) is 170 cm³/mol. The summed E-state index contributed by atoms with van der Waals surface area (Å²) >= 11 is 0. The minimum atomic E-state index is -4.39. The molecule has 5 aromatic rings. The van der Waals surface area contributed by atoms with E-state index in [9.17, 15) is 26.3 Å². The van der Waals surface area contributed by atoms with Crippen LogP contribution < -0.4 is 5.19 Å². The molecule has 0 aromatic heterocycles. The van der Waals surface area contributed by atoms with Gasteiger partial charge in [-0.2, -0.15) is 38.8 Å². The van der Waals surface area contributed by atoms with E-state index in [-0.39, 0.29) is 46.6 Å². The second-order valence-electron chi connectivity index (χ2n) is 10.4. The number of rotatable bonds is 6. The molecule has 6 rings (SSSR count). The van der Waals surface area contributed by atoms with E-state index in [4.69, 9.17) is 0 Å². The molecule has 228 valence electrons. The van der Waals surface area contributed by atoms with Crippen LogP contribution in [0.4, 0.5) is 26.3 Å². The van der Waals surface area contributed by atoms with Gasteiger partial charge >= 0.3 is 38.2 Å². The second-order valence-corrected chi connectivity index (χ2v) is 11.8. The molecular formula is C37H30F6HfSi. The number of allylic oxidation sites excluding steroid dienone is 1. The smallest absolute Gasteiger partial charge is 0.358 e. The first-order chi connectivity index (χ1) is 20.0. The SMILES string of the molecule is [CH2-]CCC1C([Si]c2cc3c(-c4ccc(C(F)(F)F)cc4)cccc3[cH-]2)=Cc2c(-c3ccc(C(F)(F)F)cc3)cccc21.[CH3-].[CH3-].[Hf+4]. The standard InChI is InChI=1S/C35H24F6Si.2CH3.Hf/c1-2-5-30-29-9-4-8-28(22-12-16-25(17-13-22)35(39,40)41)32(29)20-33(30)42-26-18-23-6-3-7-27(31(23)19-26)21-10-14-24(15-11-21)34(36,37)38;;;/h3-4,6-20,30H,1-2,5H2;2*1H3;/q-2;2*-1;+4. The van der Waals surface area contributed by atoms with Gasteiger partial charge in [0.25, 0.3) is 0 Å². The zero-order valence-electron chi connectivity index (χ0n) is 24.8. The molecule has 0 heterocycles. The van der Waals surface area contributed by atoms with Crippen LogP contribution in [0, 0.1) is 21.8 Å². The van der Waals surface area contributed by atoms with E-state index in [1.807, 2.05) is 30.3 Å². The van der Waals surface area contributed by atoms with E-state index >= 15 is 0 Å². The van der Waals surface area contributed by atoms with Crippen LogP contribution in [0.1, 0.15) is 41.0 Å². The maximum absolute atomic E-state index is 13.1. The molecule has 8 heteroatoms. The van der Waals surface area contributed by atoms with E-state index in [1.165, 1.54) is 29.5 Å². The van der Waals surface area contributed by atoms with Gasteiger partial charge in [-0.05, 0) is 58.0 Å². The Morgan fingerprint density at radius 3 is 1.80 bits per heavy atom. The van der Waals surface area contributed by atoms with Crippen molar-refractivity contribution in [2.45, 2.75) is 31.1 Å². The van der Waals surface area contributed by atoms with Crippen molar-refractivity contribution in [3.05, 3.63) is 146 Å². The molecule has 0 fully saturated rings. The summed E-state index contributed by atoms with van der Waals surface area (Å²) in [6, 6.07) is 26.6. The van der Waals surface area contributed by atoms with Crippen molar-refractivity contribution in [1.29, 1.82) is 0 Å². The van der Waals surface area contributed by atoms with Gasteiger partial charge in [0, 0.05) is 0 Å². The fourth-order valence-electron chi connectivity index (χ4n) is 5.76. The maximum atomic E-state index is 13.1. The van der Waals surface area contributed by atoms with Crippen molar-refractivity contribution < 1.29 is 52.2 Å². The molecule has 0 amide bonds. The summed E-state index contributed by atoms with van der Waals surface area (Å²) in [4.78, 5) is 0. The number of benzene rings is 4. The molecular weight excluding hydrogens is 765 g/mol. The number of hydrogen-bond donors (Lipinski definition) is 0. The molecule has 1 aliphatic carbocycles. The summed E-state index contributed by atoms with van der Waals surface area (Å²) in [6.45, 7) is 4.08. The van der Waals surface area contributed by atoms with Crippen LogP contribution in [-0.4, -0.2) is 9.52 Å². The Hall–Kier alpha value is -3.10. The van der Waals surface area contributed by atoms with Crippen LogP contribution >= 0.6 is 0 Å². The molecule has 0 bridgehead atoms. The average molecular weight is 795 g/mol. The Bertz CT molecular complexity index is 1780. The van der Waals surface area contributed by atoms with Gasteiger partial charge in [-0.1, -0.05) is 71.8 Å². The van der Waals surface area contributed by atoms with Gasteiger partial charge in [0.05, 0.1) is 20.6 Å². The van der Waals surface area contributed by atoms with Crippen molar-refractivity contribution in [2.75, 3.05) is 0 Å². The molecule has 2 radical (unpaired) electrons. The van der Waals surface area contributed by atoms with Gasteiger partial charge in [-0.25, -0.2) is 0 Å². The summed E-state index contributed by atoms with van der Waals surface area (Å²) in [7, 11) is 0.352. The fourth-order valence-corrected chi connectivity index (χ4v) is 7.23. The number of halogens is 6. The number of alkyl halides is 6. The van der Waals surface area contributed by atoms with E-state index < -0.39 is 23.5 Å². The molecule has 1 atom stereocenters. The van der Waals surface area contributed by atoms with Crippen molar-refractivity contribution in [3.63, 3.8) is 0 Å². The van der Waals surface area contributed by atoms with Crippen LogP contribution in [0.5, 0.6) is 0 Å². The maximum Gasteiger partial charge on any atom is 4.00 e. The van der Waals surface area contributed by atoms with Gasteiger partial charge in [0.15, 0.2) is 0 Å². The zero-order chi connectivity index (χ0) is 29.6. The summed E-state index contributed by atoms with van der Waals surface area (Å²) in [6.07, 6.45) is -5.02. The van der Waals surface area contributed by atoms with Crippen LogP contribution in [0.25, 0.3) is 39.1 Å². The van der Waals surface area contributed by atoms with Crippen molar-refractivity contribution in [2.24, 2.45) is 0 Å². The van der Waals surface area contributed by atoms with Gasteiger partial charge in [-0.15, -0.1) is 34.2 Å². The van der Waals surface area contributed by atoms with Crippen LogP contribution in [-0.2, 0) is 38.2 Å². The Morgan fingerprint density at radius 2 is 1.24 bits per heavy atom.